The van der Waals surface area contributed by atoms with Crippen molar-refractivity contribution in [1.82, 2.24) is 10.6 Å². The Hall–Kier alpha value is -2.10. The molecule has 2 amide bonds. The first kappa shape index (κ1) is 15.0. The molecule has 0 radical (unpaired) electrons. The molecule has 0 saturated heterocycles. The smallest absolute Gasteiger partial charge is 0.268 e. The third kappa shape index (κ3) is 5.38. The molecule has 102 valence electrons. The van der Waals surface area contributed by atoms with Crippen molar-refractivity contribution >= 4 is 17.9 Å². The highest BCUT2D eigenvalue weighted by Crippen LogP contribution is 2.05. The average molecular weight is 260 g/mol. The van der Waals surface area contributed by atoms with Crippen LogP contribution in [0.15, 0.2) is 36.0 Å². The summed E-state index contributed by atoms with van der Waals surface area (Å²) in [6.07, 6.45) is 2.50. The van der Waals surface area contributed by atoms with Crippen molar-refractivity contribution in [3.8, 4) is 0 Å². The number of hydrogen-bond acceptors (Lipinski definition) is 2. The van der Waals surface area contributed by atoms with Crippen molar-refractivity contribution in [1.29, 1.82) is 0 Å². The lowest BCUT2D eigenvalue weighted by Crippen LogP contribution is -2.38. The van der Waals surface area contributed by atoms with Crippen LogP contribution in [0.3, 0.4) is 0 Å². The van der Waals surface area contributed by atoms with Crippen LogP contribution in [0.4, 0.5) is 0 Å². The molecular weight excluding hydrogens is 240 g/mol. The summed E-state index contributed by atoms with van der Waals surface area (Å²) in [7, 11) is 0. The minimum absolute atomic E-state index is 0.0698. The molecule has 0 aromatic heterocycles. The predicted molar refractivity (Wildman–Crippen MR) is 76.1 cm³/mol. The molecule has 0 aliphatic heterocycles. The third-order valence-electron chi connectivity index (χ3n) is 2.66. The van der Waals surface area contributed by atoms with Gasteiger partial charge in [0.15, 0.2) is 0 Å². The molecule has 1 aromatic rings. The normalized spacial score (nSPS) is 12.7. The fraction of sp³-hybridized carbons (Fsp3) is 0.333. The molecule has 0 aliphatic carbocycles. The van der Waals surface area contributed by atoms with Crippen molar-refractivity contribution in [3.63, 3.8) is 0 Å². The second-order valence-electron chi connectivity index (χ2n) is 4.43. The van der Waals surface area contributed by atoms with Gasteiger partial charge in [-0.25, -0.2) is 0 Å². The first-order valence-electron chi connectivity index (χ1n) is 6.38. The minimum atomic E-state index is -0.270. The Morgan fingerprint density at radius 1 is 1.26 bits per heavy atom. The van der Waals surface area contributed by atoms with E-state index in [0.29, 0.717) is 0 Å². The number of carbonyl (C=O) groups is 2. The number of hydrogen-bond donors (Lipinski definition) is 2. The monoisotopic (exact) mass is 260 g/mol. The topological polar surface area (TPSA) is 58.2 Å². The van der Waals surface area contributed by atoms with Gasteiger partial charge in [0, 0.05) is 13.0 Å². The third-order valence-corrected chi connectivity index (χ3v) is 2.66. The molecule has 0 spiro atoms. The molecule has 1 rings (SSSR count). The van der Waals surface area contributed by atoms with Gasteiger partial charge in [0.2, 0.25) is 5.91 Å². The first-order valence-corrected chi connectivity index (χ1v) is 6.38. The van der Waals surface area contributed by atoms with Gasteiger partial charge >= 0.3 is 0 Å². The molecule has 0 aliphatic rings. The van der Waals surface area contributed by atoms with Crippen LogP contribution in [-0.4, -0.2) is 17.9 Å². The molecule has 1 aromatic carbocycles. The molecule has 19 heavy (non-hydrogen) atoms. The maximum absolute atomic E-state index is 12.1. The summed E-state index contributed by atoms with van der Waals surface area (Å²) >= 11 is 0. The Balaban J connectivity index is 2.91. The lowest BCUT2D eigenvalue weighted by atomic mass is 10.1. The van der Waals surface area contributed by atoms with E-state index in [9.17, 15) is 9.59 Å². The van der Waals surface area contributed by atoms with E-state index in [1.165, 1.54) is 6.92 Å². The van der Waals surface area contributed by atoms with E-state index < -0.39 is 0 Å². The van der Waals surface area contributed by atoms with E-state index in [0.717, 1.165) is 12.0 Å². The van der Waals surface area contributed by atoms with Gasteiger partial charge in [-0.3, -0.25) is 9.59 Å². The van der Waals surface area contributed by atoms with Gasteiger partial charge in [0.05, 0.1) is 0 Å². The Morgan fingerprint density at radius 3 is 2.42 bits per heavy atom. The Bertz CT molecular complexity index is 466. The van der Waals surface area contributed by atoms with E-state index in [-0.39, 0.29) is 23.6 Å². The summed E-state index contributed by atoms with van der Waals surface area (Å²) in [5, 5.41) is 5.40. The summed E-state index contributed by atoms with van der Waals surface area (Å²) in [4.78, 5) is 23.2. The molecular formula is C15H20N2O2. The van der Waals surface area contributed by atoms with Crippen LogP contribution < -0.4 is 10.6 Å². The van der Waals surface area contributed by atoms with E-state index in [2.05, 4.69) is 10.6 Å². The molecule has 0 fully saturated rings. The Kier molecular flexibility index (Phi) is 5.79. The number of benzene rings is 1. The maximum Gasteiger partial charge on any atom is 0.268 e. The zero-order valence-electron chi connectivity index (χ0n) is 11.6. The van der Waals surface area contributed by atoms with Crippen LogP contribution in [0, 0.1) is 0 Å². The van der Waals surface area contributed by atoms with Crippen molar-refractivity contribution in [2.75, 3.05) is 0 Å². The molecule has 0 unspecified atom stereocenters. The Morgan fingerprint density at radius 2 is 1.89 bits per heavy atom. The Labute approximate surface area is 113 Å². The van der Waals surface area contributed by atoms with Crippen molar-refractivity contribution in [2.45, 2.75) is 33.2 Å². The summed E-state index contributed by atoms with van der Waals surface area (Å²) in [6.45, 7) is 5.30. The van der Waals surface area contributed by atoms with E-state index >= 15 is 0 Å². The molecule has 4 nitrogen and oxygen atoms in total. The van der Waals surface area contributed by atoms with Crippen LogP contribution >= 0.6 is 0 Å². The van der Waals surface area contributed by atoms with Crippen molar-refractivity contribution in [3.05, 3.63) is 41.6 Å². The fourth-order valence-electron chi connectivity index (χ4n) is 1.47. The zero-order chi connectivity index (χ0) is 14.3. The number of amides is 2. The SMILES string of the molecule is CC[C@H](C)NC(=O)/C(=C/c1ccccc1)NC(C)=O. The first-order chi connectivity index (χ1) is 9.02. The lowest BCUT2D eigenvalue weighted by molar-refractivity contribution is -0.122. The molecule has 2 N–H and O–H groups in total. The fourth-order valence-corrected chi connectivity index (χ4v) is 1.47. The van der Waals surface area contributed by atoms with E-state index in [1.54, 1.807) is 6.08 Å². The molecule has 4 heteroatoms. The van der Waals surface area contributed by atoms with Crippen molar-refractivity contribution in [2.24, 2.45) is 0 Å². The number of carbonyl (C=O) groups excluding carboxylic acids is 2. The minimum Gasteiger partial charge on any atom is -0.348 e. The largest absolute Gasteiger partial charge is 0.348 e. The van der Waals surface area contributed by atoms with Crippen LogP contribution in [-0.2, 0) is 9.59 Å². The van der Waals surface area contributed by atoms with Crippen LogP contribution in [0.2, 0.25) is 0 Å². The van der Waals surface area contributed by atoms with E-state index in [1.807, 2.05) is 44.2 Å². The van der Waals surface area contributed by atoms with Crippen LogP contribution in [0.1, 0.15) is 32.8 Å². The van der Waals surface area contributed by atoms with Crippen LogP contribution in [0.5, 0.6) is 0 Å². The number of nitrogens with one attached hydrogen (secondary N) is 2. The summed E-state index contributed by atoms with van der Waals surface area (Å²) < 4.78 is 0. The van der Waals surface area contributed by atoms with Gasteiger partial charge < -0.3 is 10.6 Å². The molecule has 0 heterocycles. The summed E-state index contributed by atoms with van der Waals surface area (Å²) in [5.41, 5.74) is 1.13. The van der Waals surface area contributed by atoms with Gasteiger partial charge in [-0.2, -0.15) is 0 Å². The summed E-state index contributed by atoms with van der Waals surface area (Å²) in [5.74, 6) is -0.533. The lowest BCUT2D eigenvalue weighted by Gasteiger charge is -2.14. The van der Waals surface area contributed by atoms with Gasteiger partial charge in [-0.15, -0.1) is 0 Å². The van der Waals surface area contributed by atoms with Crippen LogP contribution in [0.25, 0.3) is 6.08 Å². The molecule has 1 atom stereocenters. The highest BCUT2D eigenvalue weighted by atomic mass is 16.2. The van der Waals surface area contributed by atoms with Gasteiger partial charge in [-0.1, -0.05) is 37.3 Å². The number of rotatable bonds is 5. The maximum atomic E-state index is 12.1. The zero-order valence-corrected chi connectivity index (χ0v) is 11.6. The quantitative estimate of drug-likeness (QED) is 0.796. The standard InChI is InChI=1S/C15H20N2O2/c1-4-11(2)16-15(19)14(17-12(3)18)10-13-8-6-5-7-9-13/h5-11H,4H2,1-3H3,(H,16,19)(H,17,18)/b14-10-/t11-/m0/s1. The van der Waals surface area contributed by atoms with Gasteiger partial charge in [0.25, 0.3) is 5.91 Å². The van der Waals surface area contributed by atoms with Gasteiger partial charge in [-0.05, 0) is 25.0 Å². The highest BCUT2D eigenvalue weighted by Gasteiger charge is 2.12. The second kappa shape index (κ2) is 7.36. The van der Waals surface area contributed by atoms with Crippen molar-refractivity contribution < 1.29 is 9.59 Å². The van der Waals surface area contributed by atoms with Gasteiger partial charge in [0.1, 0.15) is 5.70 Å². The molecule has 0 bridgehead atoms. The predicted octanol–water partition coefficient (Wildman–Crippen LogP) is 2.08. The second-order valence-corrected chi connectivity index (χ2v) is 4.43. The van der Waals surface area contributed by atoms with E-state index in [4.69, 9.17) is 0 Å². The molecule has 0 saturated carbocycles. The highest BCUT2D eigenvalue weighted by molar-refractivity contribution is 6.01. The summed E-state index contributed by atoms with van der Waals surface area (Å²) in [6, 6.07) is 9.47. The average Bonchev–Trinajstić information content (AvgIpc) is 2.38.